The van der Waals surface area contributed by atoms with E-state index in [4.69, 9.17) is 0 Å². The predicted molar refractivity (Wildman–Crippen MR) is 86.5 cm³/mol. The first-order valence-electron chi connectivity index (χ1n) is 6.90. The number of aliphatic hydroxyl groups is 1. The Balaban J connectivity index is 1.92. The van der Waals surface area contributed by atoms with Gasteiger partial charge in [0.15, 0.2) is 0 Å². The van der Waals surface area contributed by atoms with E-state index in [0.717, 1.165) is 6.42 Å². The van der Waals surface area contributed by atoms with E-state index in [0.29, 0.717) is 0 Å². The highest BCUT2D eigenvalue weighted by atomic mass is 32.1. The Morgan fingerprint density at radius 2 is 1.95 bits per heavy atom. The molecule has 20 heavy (non-hydrogen) atoms. The second kappa shape index (κ2) is 5.78. The predicted octanol–water partition coefficient (Wildman–Crippen LogP) is 4.53. The quantitative estimate of drug-likeness (QED) is 0.745. The van der Waals surface area contributed by atoms with Crippen LogP contribution >= 0.6 is 11.3 Å². The summed E-state index contributed by atoms with van der Waals surface area (Å²) in [6, 6.07) is 16.9. The summed E-state index contributed by atoms with van der Waals surface area (Å²) in [5.74, 6) is 0.174. The van der Waals surface area contributed by atoms with Crippen LogP contribution in [0, 0.1) is 6.92 Å². The van der Waals surface area contributed by atoms with Crippen LogP contribution in [0.3, 0.4) is 0 Å². The second-order valence-electron chi connectivity index (χ2n) is 5.25. The number of hydrogen-bond acceptors (Lipinski definition) is 2. The van der Waals surface area contributed by atoms with Gasteiger partial charge < -0.3 is 5.11 Å². The maximum Gasteiger partial charge on any atom is 0.0502 e. The van der Waals surface area contributed by atoms with Crippen molar-refractivity contribution in [2.75, 3.05) is 6.61 Å². The van der Waals surface area contributed by atoms with Gasteiger partial charge >= 0.3 is 0 Å². The van der Waals surface area contributed by atoms with Crippen molar-refractivity contribution in [2.45, 2.75) is 19.3 Å². The number of hydrogen-bond donors (Lipinski definition) is 1. The van der Waals surface area contributed by atoms with Gasteiger partial charge in [-0.05, 0) is 41.3 Å². The van der Waals surface area contributed by atoms with Gasteiger partial charge in [0, 0.05) is 10.6 Å². The fourth-order valence-corrected chi connectivity index (χ4v) is 3.64. The van der Waals surface area contributed by atoms with Crippen molar-refractivity contribution in [3.63, 3.8) is 0 Å². The van der Waals surface area contributed by atoms with Crippen LogP contribution in [0.1, 0.15) is 22.6 Å². The molecule has 3 aromatic rings. The molecular weight excluding hydrogens is 264 g/mol. The largest absolute Gasteiger partial charge is 0.396 e. The van der Waals surface area contributed by atoms with Gasteiger partial charge in [-0.15, -0.1) is 11.3 Å². The van der Waals surface area contributed by atoms with Crippen LogP contribution in [0.2, 0.25) is 0 Å². The Morgan fingerprint density at radius 1 is 1.10 bits per heavy atom. The minimum absolute atomic E-state index is 0.174. The summed E-state index contributed by atoms with van der Waals surface area (Å²) < 4.78 is 1.32. The molecule has 0 aliphatic rings. The van der Waals surface area contributed by atoms with Crippen molar-refractivity contribution >= 4 is 21.4 Å². The molecule has 0 radical (unpaired) electrons. The molecule has 1 heterocycles. The van der Waals surface area contributed by atoms with E-state index in [9.17, 15) is 5.11 Å². The fourth-order valence-electron chi connectivity index (χ4n) is 2.67. The number of aliphatic hydroxyl groups excluding tert-OH is 1. The number of rotatable bonds is 4. The lowest BCUT2D eigenvalue weighted by Crippen LogP contribution is -2.07. The summed E-state index contributed by atoms with van der Waals surface area (Å²) in [5.41, 5.74) is 3.81. The van der Waals surface area contributed by atoms with Gasteiger partial charge in [0.2, 0.25) is 0 Å². The SMILES string of the molecule is Cc1cccc(C(CO)Cc2csc3ccccc23)c1. The molecule has 1 nitrogen and oxygen atoms in total. The molecule has 3 rings (SSSR count). The maximum atomic E-state index is 9.74. The van der Waals surface area contributed by atoms with Crippen molar-refractivity contribution in [2.24, 2.45) is 0 Å². The summed E-state index contributed by atoms with van der Waals surface area (Å²) >= 11 is 1.78. The topological polar surface area (TPSA) is 20.2 Å². The molecule has 0 saturated heterocycles. The van der Waals surface area contributed by atoms with E-state index >= 15 is 0 Å². The van der Waals surface area contributed by atoms with Gasteiger partial charge in [0.25, 0.3) is 0 Å². The molecule has 2 aromatic carbocycles. The Hall–Kier alpha value is -1.64. The van der Waals surface area contributed by atoms with Crippen molar-refractivity contribution in [1.82, 2.24) is 0 Å². The third kappa shape index (κ3) is 2.62. The Bertz CT molecular complexity index is 714. The van der Waals surface area contributed by atoms with E-state index in [1.807, 2.05) is 0 Å². The standard InChI is InChI=1S/C18H18OS/c1-13-5-4-6-14(9-13)15(11-19)10-16-12-20-18-8-3-2-7-17(16)18/h2-9,12,15,19H,10-11H2,1H3. The average Bonchev–Trinajstić information content (AvgIpc) is 2.88. The first-order valence-corrected chi connectivity index (χ1v) is 7.78. The van der Waals surface area contributed by atoms with Crippen molar-refractivity contribution in [1.29, 1.82) is 0 Å². The van der Waals surface area contributed by atoms with E-state index < -0.39 is 0 Å². The van der Waals surface area contributed by atoms with Gasteiger partial charge in [-0.25, -0.2) is 0 Å². The molecule has 102 valence electrons. The first kappa shape index (κ1) is 13.3. The van der Waals surface area contributed by atoms with Crippen molar-refractivity contribution < 1.29 is 5.11 Å². The molecule has 0 amide bonds. The summed E-state index contributed by atoms with van der Waals surface area (Å²) in [6.45, 7) is 2.28. The van der Waals surface area contributed by atoms with E-state index in [-0.39, 0.29) is 12.5 Å². The Morgan fingerprint density at radius 3 is 2.75 bits per heavy atom. The van der Waals surface area contributed by atoms with Crippen LogP contribution in [0.15, 0.2) is 53.9 Å². The summed E-state index contributed by atoms with van der Waals surface area (Å²) in [6.07, 6.45) is 0.893. The van der Waals surface area contributed by atoms with Crippen LogP contribution in [-0.2, 0) is 6.42 Å². The van der Waals surface area contributed by atoms with Gasteiger partial charge in [-0.3, -0.25) is 0 Å². The molecule has 1 aromatic heterocycles. The molecule has 2 heteroatoms. The van der Waals surface area contributed by atoms with E-state index in [1.54, 1.807) is 11.3 Å². The van der Waals surface area contributed by atoms with Crippen molar-refractivity contribution in [3.05, 3.63) is 70.6 Å². The third-order valence-electron chi connectivity index (χ3n) is 3.76. The normalized spacial score (nSPS) is 12.7. The Kier molecular flexibility index (Phi) is 3.86. The minimum Gasteiger partial charge on any atom is -0.396 e. The molecule has 1 unspecified atom stereocenters. The molecule has 1 atom stereocenters. The molecule has 0 fully saturated rings. The second-order valence-corrected chi connectivity index (χ2v) is 6.17. The lowest BCUT2D eigenvalue weighted by atomic mass is 9.91. The van der Waals surface area contributed by atoms with E-state index in [2.05, 4.69) is 60.8 Å². The van der Waals surface area contributed by atoms with Crippen LogP contribution < -0.4 is 0 Å². The zero-order valence-corrected chi connectivity index (χ0v) is 12.4. The molecule has 0 saturated carbocycles. The minimum atomic E-state index is 0.174. The van der Waals surface area contributed by atoms with E-state index in [1.165, 1.54) is 26.8 Å². The van der Waals surface area contributed by atoms with Gasteiger partial charge in [0.1, 0.15) is 0 Å². The zero-order valence-electron chi connectivity index (χ0n) is 11.5. The number of fused-ring (bicyclic) bond motifs is 1. The number of benzene rings is 2. The molecule has 1 N–H and O–H groups in total. The molecule has 0 aliphatic heterocycles. The average molecular weight is 282 g/mol. The van der Waals surface area contributed by atoms with Crippen LogP contribution in [0.4, 0.5) is 0 Å². The smallest absolute Gasteiger partial charge is 0.0502 e. The fraction of sp³-hybridized carbons (Fsp3) is 0.222. The number of thiophene rings is 1. The summed E-state index contributed by atoms with van der Waals surface area (Å²) in [5, 5.41) is 13.3. The monoisotopic (exact) mass is 282 g/mol. The highest BCUT2D eigenvalue weighted by molar-refractivity contribution is 7.17. The highest BCUT2D eigenvalue weighted by Crippen LogP contribution is 2.30. The first-order chi connectivity index (χ1) is 9.78. The molecule has 0 spiro atoms. The summed E-state index contributed by atoms with van der Waals surface area (Å²) in [4.78, 5) is 0. The zero-order chi connectivity index (χ0) is 13.9. The highest BCUT2D eigenvalue weighted by Gasteiger charge is 2.14. The molecule has 0 bridgehead atoms. The van der Waals surface area contributed by atoms with Crippen molar-refractivity contribution in [3.8, 4) is 0 Å². The van der Waals surface area contributed by atoms with Gasteiger partial charge in [-0.1, -0.05) is 48.0 Å². The van der Waals surface area contributed by atoms with Gasteiger partial charge in [-0.2, -0.15) is 0 Å². The third-order valence-corrected chi connectivity index (χ3v) is 4.77. The van der Waals surface area contributed by atoms with Crippen LogP contribution in [0.25, 0.3) is 10.1 Å². The maximum absolute atomic E-state index is 9.74. The summed E-state index contributed by atoms with van der Waals surface area (Å²) in [7, 11) is 0. The molecular formula is C18H18OS. The lowest BCUT2D eigenvalue weighted by Gasteiger charge is -2.15. The van der Waals surface area contributed by atoms with Gasteiger partial charge in [0.05, 0.1) is 6.61 Å². The molecule has 0 aliphatic carbocycles. The van der Waals surface area contributed by atoms with Crippen LogP contribution in [0.5, 0.6) is 0 Å². The van der Waals surface area contributed by atoms with Crippen LogP contribution in [-0.4, -0.2) is 11.7 Å². The number of aryl methyl sites for hydroxylation is 1. The lowest BCUT2D eigenvalue weighted by molar-refractivity contribution is 0.264. The Labute approximate surface area is 123 Å².